The fraction of sp³-hybridized carbons (Fsp3) is 0.500. The number of aryl methyl sites for hydroxylation is 2. The van der Waals surface area contributed by atoms with Crippen molar-refractivity contribution in [2.24, 2.45) is 0 Å². The van der Waals surface area contributed by atoms with Gasteiger partial charge in [-0.25, -0.2) is 9.37 Å². The quantitative estimate of drug-likeness (QED) is 0.192. The third-order valence-corrected chi connectivity index (χ3v) is 15.5. The van der Waals surface area contributed by atoms with Crippen LogP contribution in [0.3, 0.4) is 0 Å². The first-order valence-electron chi connectivity index (χ1n) is 13.6. The van der Waals surface area contributed by atoms with E-state index in [1.807, 2.05) is 19.1 Å². The number of halogens is 1. The molecule has 41 heavy (non-hydrogen) atoms. The summed E-state index contributed by atoms with van der Waals surface area (Å²) in [7, 11) is -7.64. The summed E-state index contributed by atoms with van der Waals surface area (Å²) in [5, 5.41) is 0.932. The van der Waals surface area contributed by atoms with Crippen LogP contribution < -0.4 is 4.74 Å². The van der Waals surface area contributed by atoms with Crippen LogP contribution in [0.1, 0.15) is 57.2 Å². The van der Waals surface area contributed by atoms with Gasteiger partial charge in [0, 0.05) is 22.8 Å². The summed E-state index contributed by atoms with van der Waals surface area (Å²) in [6.45, 7) is 11.0. The molecule has 2 saturated heterocycles. The average Bonchev–Trinajstić information content (AvgIpc) is 3.54. The summed E-state index contributed by atoms with van der Waals surface area (Å²) < 4.78 is 44.9. The molecular formula is C28H37FN2O7P2S. The lowest BCUT2D eigenvalue weighted by atomic mass is 10.1. The smallest absolute Gasteiger partial charge is 0.253 e. The molecule has 5 rings (SSSR count). The Balaban J connectivity index is 1.36. The third kappa shape index (κ3) is 5.69. The zero-order chi connectivity index (χ0) is 29.6. The predicted octanol–water partition coefficient (Wildman–Crippen LogP) is 6.99. The molecule has 224 valence electrons. The fourth-order valence-electron chi connectivity index (χ4n) is 4.80. The van der Waals surface area contributed by atoms with E-state index < -0.39 is 51.0 Å². The molecule has 4 atom stereocenters. The molecule has 0 aliphatic carbocycles. The van der Waals surface area contributed by atoms with Gasteiger partial charge in [0.2, 0.25) is 0 Å². The van der Waals surface area contributed by atoms with E-state index in [-0.39, 0.29) is 12.4 Å². The van der Waals surface area contributed by atoms with Gasteiger partial charge in [0.15, 0.2) is 16.5 Å². The van der Waals surface area contributed by atoms with Crippen molar-refractivity contribution in [3.8, 4) is 16.3 Å². The maximum atomic E-state index is 15.0. The van der Waals surface area contributed by atoms with Crippen molar-refractivity contribution in [3.63, 3.8) is 0 Å². The zero-order valence-electron chi connectivity index (χ0n) is 24.0. The van der Waals surface area contributed by atoms with Gasteiger partial charge in [0.1, 0.15) is 5.01 Å². The molecule has 2 aliphatic heterocycles. The van der Waals surface area contributed by atoms with Crippen LogP contribution in [0, 0.1) is 12.7 Å². The normalized spacial score (nSPS) is 31.3. The summed E-state index contributed by atoms with van der Waals surface area (Å²) in [6.07, 6.45) is 3.04. The maximum Gasteiger partial charge on any atom is 0.253 e. The van der Waals surface area contributed by atoms with Crippen LogP contribution >= 0.6 is 27.2 Å². The van der Waals surface area contributed by atoms with Crippen molar-refractivity contribution in [1.29, 1.82) is 0 Å². The van der Waals surface area contributed by atoms with Crippen molar-refractivity contribution < 1.29 is 37.0 Å². The van der Waals surface area contributed by atoms with E-state index in [1.165, 1.54) is 18.2 Å². The van der Waals surface area contributed by atoms with Gasteiger partial charge in [0.05, 0.1) is 36.7 Å². The highest BCUT2D eigenvalue weighted by Crippen LogP contribution is 2.92. The number of thiazole rings is 1. The van der Waals surface area contributed by atoms with Gasteiger partial charge in [-0.15, -0.1) is 11.3 Å². The first-order valence-corrected chi connectivity index (χ1v) is 17.6. The number of ether oxygens (including phenoxy) is 1. The molecule has 1 aromatic carbocycles. The summed E-state index contributed by atoms with van der Waals surface area (Å²) in [5.41, 5.74) is 2.34. The molecule has 2 radical (unpaired) electrons. The van der Waals surface area contributed by atoms with Gasteiger partial charge in [-0.05, 0) is 84.2 Å². The Morgan fingerprint density at radius 3 is 2.07 bits per heavy atom. The molecule has 2 N–H and O–H groups in total. The van der Waals surface area contributed by atoms with Crippen molar-refractivity contribution in [3.05, 3.63) is 64.7 Å². The van der Waals surface area contributed by atoms with Crippen LogP contribution in [0.5, 0.6) is 5.75 Å². The highest BCUT2D eigenvalue weighted by Gasteiger charge is 2.70. The van der Waals surface area contributed by atoms with E-state index in [0.717, 1.165) is 21.1 Å². The molecule has 0 amide bonds. The van der Waals surface area contributed by atoms with Crippen LogP contribution in [-0.2, 0) is 29.4 Å². The van der Waals surface area contributed by atoms with E-state index in [2.05, 4.69) is 4.98 Å². The molecule has 2 aromatic heterocycles. The van der Waals surface area contributed by atoms with Gasteiger partial charge in [-0.2, -0.15) is 0 Å². The molecule has 0 saturated carbocycles. The lowest BCUT2D eigenvalue weighted by molar-refractivity contribution is 0.187. The first kappa shape index (κ1) is 30.8. The predicted molar refractivity (Wildman–Crippen MR) is 158 cm³/mol. The highest BCUT2D eigenvalue weighted by atomic mass is 32.1. The Hall–Kier alpha value is -1.65. The molecule has 13 heteroatoms. The number of aromatic nitrogens is 2. The van der Waals surface area contributed by atoms with Crippen LogP contribution in [0.4, 0.5) is 4.39 Å². The SMILES string of the molecule is Cc1sc(-c2ccncc2)nc1CCCOc1cc(C(C)([P]2(O)OC(C)C(C)O2)[P]2(O)OC(C)C(C)O2)ccc1F. The average molecular weight is 627 g/mol. The van der Waals surface area contributed by atoms with E-state index in [1.54, 1.807) is 58.3 Å². The van der Waals surface area contributed by atoms with Crippen LogP contribution in [0.15, 0.2) is 42.7 Å². The Morgan fingerprint density at radius 2 is 1.51 bits per heavy atom. The second-order valence-corrected chi connectivity index (χ2v) is 16.9. The number of pyridine rings is 1. The summed E-state index contributed by atoms with van der Waals surface area (Å²) in [5.74, 6) is -0.582. The number of benzene rings is 1. The zero-order valence-corrected chi connectivity index (χ0v) is 26.6. The maximum absolute atomic E-state index is 15.0. The summed E-state index contributed by atoms with van der Waals surface area (Å²) >= 11 is 1.62. The molecule has 4 heterocycles. The highest BCUT2D eigenvalue weighted by molar-refractivity contribution is 7.80. The Labute approximate surface area is 245 Å². The van der Waals surface area contributed by atoms with Gasteiger partial charge in [-0.1, -0.05) is 6.07 Å². The van der Waals surface area contributed by atoms with Gasteiger partial charge in [0.25, 0.3) is 15.9 Å². The minimum atomic E-state index is -3.82. The molecule has 3 aromatic rings. The monoisotopic (exact) mass is 626 g/mol. The van der Waals surface area contributed by atoms with Crippen molar-refractivity contribution >= 4 is 27.2 Å². The van der Waals surface area contributed by atoms with Crippen molar-refractivity contribution in [2.45, 2.75) is 83.7 Å². The van der Waals surface area contributed by atoms with Crippen LogP contribution in [-0.4, -0.2) is 50.8 Å². The van der Waals surface area contributed by atoms with Gasteiger partial charge < -0.3 is 32.6 Å². The summed E-state index contributed by atoms with van der Waals surface area (Å²) in [4.78, 5) is 32.0. The minimum Gasteiger partial charge on any atom is -0.490 e. The molecule has 9 nitrogen and oxygen atoms in total. The second-order valence-electron chi connectivity index (χ2n) is 10.7. The van der Waals surface area contributed by atoms with Gasteiger partial charge in [-0.3, -0.25) is 4.98 Å². The van der Waals surface area contributed by atoms with Gasteiger partial charge >= 0.3 is 0 Å². The Morgan fingerprint density at radius 1 is 0.951 bits per heavy atom. The molecule has 4 unspecified atom stereocenters. The topological polar surface area (TPSA) is 112 Å². The third-order valence-electron chi connectivity index (χ3n) is 7.77. The Kier molecular flexibility index (Phi) is 8.86. The van der Waals surface area contributed by atoms with E-state index >= 15 is 0 Å². The lowest BCUT2D eigenvalue weighted by Crippen LogP contribution is -2.31. The van der Waals surface area contributed by atoms with Crippen molar-refractivity contribution in [2.75, 3.05) is 6.61 Å². The second kappa shape index (κ2) is 11.8. The number of nitrogens with zero attached hydrogens (tertiary/aromatic N) is 2. The van der Waals surface area contributed by atoms with Crippen LogP contribution in [0.25, 0.3) is 10.6 Å². The fourth-order valence-corrected chi connectivity index (χ4v) is 11.9. The standard InChI is InChI=1S/C28H37FN2O7P2S/c1-17-18(2)36-39(32,35-17)28(6,40(33)37-19(3)20(4)38-40)23-9-10-24(29)26(16-23)34-15-7-8-25-21(5)41-27(31-25)22-11-13-30-14-12-22/h9-14,16-20,32-33H,7-8,15H2,1-6H3. The lowest BCUT2D eigenvalue weighted by Gasteiger charge is -2.48. The summed E-state index contributed by atoms with van der Waals surface area (Å²) in [6, 6.07) is 8.06. The number of hydrogen-bond donors (Lipinski definition) is 2. The molecular weight excluding hydrogens is 589 g/mol. The number of rotatable bonds is 9. The first-order chi connectivity index (χ1) is 19.4. The largest absolute Gasteiger partial charge is 0.490 e. The molecule has 2 fully saturated rings. The molecule has 0 bridgehead atoms. The molecule has 0 spiro atoms. The van der Waals surface area contributed by atoms with E-state index in [0.29, 0.717) is 18.4 Å². The van der Waals surface area contributed by atoms with E-state index in [9.17, 15) is 14.2 Å². The van der Waals surface area contributed by atoms with Crippen LogP contribution in [0.2, 0.25) is 0 Å². The number of hydrogen-bond acceptors (Lipinski definition) is 10. The minimum absolute atomic E-state index is 0.0139. The van der Waals surface area contributed by atoms with Crippen molar-refractivity contribution in [1.82, 2.24) is 9.97 Å². The molecule has 2 aliphatic rings. The Bertz CT molecular complexity index is 1330. The van der Waals surface area contributed by atoms with E-state index in [4.69, 9.17) is 27.8 Å².